The van der Waals surface area contributed by atoms with E-state index in [1.165, 1.54) is 8.61 Å². The van der Waals surface area contributed by atoms with Gasteiger partial charge in [0.05, 0.1) is 13.2 Å². The van der Waals surface area contributed by atoms with E-state index in [2.05, 4.69) is 15.9 Å². The molecule has 0 amide bonds. The highest BCUT2D eigenvalue weighted by Gasteiger charge is 2.29. The Hall–Kier alpha value is 0.310. The van der Waals surface area contributed by atoms with Crippen molar-refractivity contribution in [3.63, 3.8) is 0 Å². The van der Waals surface area contributed by atoms with Crippen LogP contribution >= 0.6 is 15.9 Å². The molecule has 15 heavy (non-hydrogen) atoms. The summed E-state index contributed by atoms with van der Waals surface area (Å²) in [6.07, 6.45) is 0. The van der Waals surface area contributed by atoms with Crippen LogP contribution in [0.25, 0.3) is 0 Å². The molecule has 0 bridgehead atoms. The second-order valence-corrected chi connectivity index (χ2v) is 5.92. The molecule has 1 aliphatic rings. The van der Waals surface area contributed by atoms with Crippen LogP contribution in [-0.2, 0) is 14.9 Å². The normalized spacial score (nSPS) is 19.7. The van der Waals surface area contributed by atoms with E-state index >= 15 is 0 Å². The van der Waals surface area contributed by atoms with Crippen molar-refractivity contribution in [2.24, 2.45) is 0 Å². The van der Waals surface area contributed by atoms with Gasteiger partial charge in [-0.3, -0.25) is 0 Å². The van der Waals surface area contributed by atoms with Gasteiger partial charge in [0.2, 0.25) is 0 Å². The second kappa shape index (κ2) is 6.15. The van der Waals surface area contributed by atoms with E-state index in [9.17, 15) is 8.42 Å². The van der Waals surface area contributed by atoms with Crippen molar-refractivity contribution in [1.29, 1.82) is 0 Å². The summed E-state index contributed by atoms with van der Waals surface area (Å²) in [6.45, 7) is 4.76. The predicted octanol–water partition coefficient (Wildman–Crippen LogP) is 0.280. The Labute approximate surface area is 99.7 Å². The van der Waals surface area contributed by atoms with E-state index in [0.717, 1.165) is 0 Å². The molecule has 0 aromatic heterocycles. The van der Waals surface area contributed by atoms with Crippen molar-refractivity contribution in [2.45, 2.75) is 6.92 Å². The van der Waals surface area contributed by atoms with E-state index in [0.29, 0.717) is 44.7 Å². The summed E-state index contributed by atoms with van der Waals surface area (Å²) in [5.74, 6) is 0. The maximum absolute atomic E-state index is 12.1. The zero-order valence-electron chi connectivity index (χ0n) is 8.86. The zero-order valence-corrected chi connectivity index (χ0v) is 11.3. The topological polar surface area (TPSA) is 49.9 Å². The van der Waals surface area contributed by atoms with Gasteiger partial charge in [0, 0.05) is 31.5 Å². The third kappa shape index (κ3) is 3.39. The molecule has 1 rings (SSSR count). The quantitative estimate of drug-likeness (QED) is 0.685. The molecule has 0 atom stereocenters. The van der Waals surface area contributed by atoms with Crippen molar-refractivity contribution < 1.29 is 13.2 Å². The number of morpholine rings is 1. The van der Waals surface area contributed by atoms with Crippen LogP contribution in [0.3, 0.4) is 0 Å². The first kappa shape index (κ1) is 13.4. The second-order valence-electron chi connectivity index (χ2n) is 3.20. The lowest BCUT2D eigenvalue weighted by Crippen LogP contribution is -2.49. The summed E-state index contributed by atoms with van der Waals surface area (Å²) in [5.41, 5.74) is 0. The van der Waals surface area contributed by atoms with Crippen LogP contribution in [0, 0.1) is 0 Å². The van der Waals surface area contributed by atoms with E-state index in [4.69, 9.17) is 4.74 Å². The molecule has 0 aromatic carbocycles. The SMILES string of the molecule is CCN(CCBr)S(=O)(=O)N1CCOCC1. The molecule has 0 aromatic rings. The molecule has 5 nitrogen and oxygen atoms in total. The highest BCUT2D eigenvalue weighted by molar-refractivity contribution is 9.09. The van der Waals surface area contributed by atoms with E-state index in [-0.39, 0.29) is 0 Å². The first-order valence-electron chi connectivity index (χ1n) is 5.02. The number of nitrogens with zero attached hydrogens (tertiary/aromatic N) is 2. The summed E-state index contributed by atoms with van der Waals surface area (Å²) >= 11 is 3.26. The highest BCUT2D eigenvalue weighted by Crippen LogP contribution is 2.10. The summed E-state index contributed by atoms with van der Waals surface area (Å²) in [4.78, 5) is 0. The van der Waals surface area contributed by atoms with Crippen LogP contribution in [0.2, 0.25) is 0 Å². The van der Waals surface area contributed by atoms with Gasteiger partial charge in [-0.2, -0.15) is 17.0 Å². The Balaban J connectivity index is 2.69. The minimum absolute atomic E-state index is 0.459. The van der Waals surface area contributed by atoms with Crippen LogP contribution in [0.5, 0.6) is 0 Å². The fraction of sp³-hybridized carbons (Fsp3) is 1.00. The lowest BCUT2D eigenvalue weighted by Gasteiger charge is -2.31. The lowest BCUT2D eigenvalue weighted by molar-refractivity contribution is 0.0704. The molecule has 0 unspecified atom stereocenters. The molecule has 0 aliphatic carbocycles. The number of halogens is 1. The van der Waals surface area contributed by atoms with Crippen LogP contribution in [0.1, 0.15) is 6.92 Å². The summed E-state index contributed by atoms with van der Waals surface area (Å²) in [5, 5.41) is 0.657. The molecular weight excluding hydrogens is 284 g/mol. The minimum Gasteiger partial charge on any atom is -0.379 e. The average molecular weight is 301 g/mol. The fourth-order valence-corrected chi connectivity index (χ4v) is 3.72. The molecular formula is C8H17BrN2O3S. The highest BCUT2D eigenvalue weighted by atomic mass is 79.9. The first-order valence-corrected chi connectivity index (χ1v) is 7.53. The first-order chi connectivity index (χ1) is 7.12. The van der Waals surface area contributed by atoms with E-state index in [1.54, 1.807) is 0 Å². The largest absolute Gasteiger partial charge is 0.379 e. The zero-order chi connectivity index (χ0) is 11.3. The predicted molar refractivity (Wildman–Crippen MR) is 62.4 cm³/mol. The molecule has 1 heterocycles. The molecule has 0 radical (unpaired) electrons. The molecule has 1 fully saturated rings. The Morgan fingerprint density at radius 3 is 2.47 bits per heavy atom. The molecule has 0 spiro atoms. The maximum Gasteiger partial charge on any atom is 0.282 e. The van der Waals surface area contributed by atoms with Gasteiger partial charge in [0.1, 0.15) is 0 Å². The average Bonchev–Trinajstić information content (AvgIpc) is 2.27. The van der Waals surface area contributed by atoms with E-state index in [1.807, 2.05) is 6.92 Å². The third-order valence-corrected chi connectivity index (χ3v) is 4.77. The van der Waals surface area contributed by atoms with Gasteiger partial charge in [-0.15, -0.1) is 0 Å². The monoisotopic (exact) mass is 300 g/mol. The van der Waals surface area contributed by atoms with Gasteiger partial charge >= 0.3 is 0 Å². The summed E-state index contributed by atoms with van der Waals surface area (Å²) < 4.78 is 32.3. The van der Waals surface area contributed by atoms with Gasteiger partial charge in [-0.25, -0.2) is 0 Å². The number of ether oxygens (including phenoxy) is 1. The fourth-order valence-electron chi connectivity index (χ4n) is 1.47. The molecule has 90 valence electrons. The standard InChI is InChI=1S/C8H17BrN2O3S/c1-2-10(4-3-9)15(12,13)11-5-7-14-8-6-11/h2-8H2,1H3. The summed E-state index contributed by atoms with van der Waals surface area (Å²) in [7, 11) is -3.28. The molecule has 1 saturated heterocycles. The van der Waals surface area contributed by atoms with Crippen molar-refractivity contribution >= 4 is 26.1 Å². The molecule has 7 heteroatoms. The molecule has 0 N–H and O–H groups in total. The minimum atomic E-state index is -3.28. The van der Waals surface area contributed by atoms with E-state index < -0.39 is 10.2 Å². The summed E-state index contributed by atoms with van der Waals surface area (Å²) in [6, 6.07) is 0. The smallest absolute Gasteiger partial charge is 0.282 e. The number of hydrogen-bond acceptors (Lipinski definition) is 3. The molecule has 0 saturated carbocycles. The van der Waals surface area contributed by atoms with Crippen molar-refractivity contribution in [3.05, 3.63) is 0 Å². The lowest BCUT2D eigenvalue weighted by atomic mass is 10.5. The van der Waals surface area contributed by atoms with Crippen LogP contribution < -0.4 is 0 Å². The Morgan fingerprint density at radius 2 is 2.00 bits per heavy atom. The van der Waals surface area contributed by atoms with Gasteiger partial charge in [-0.1, -0.05) is 22.9 Å². The maximum atomic E-state index is 12.1. The Morgan fingerprint density at radius 1 is 1.40 bits per heavy atom. The number of hydrogen-bond donors (Lipinski definition) is 0. The van der Waals surface area contributed by atoms with Crippen LogP contribution in [0.15, 0.2) is 0 Å². The third-order valence-electron chi connectivity index (χ3n) is 2.31. The Kier molecular flexibility index (Phi) is 5.48. The number of alkyl halides is 1. The van der Waals surface area contributed by atoms with Crippen molar-refractivity contribution in [3.8, 4) is 0 Å². The van der Waals surface area contributed by atoms with Gasteiger partial charge in [0.15, 0.2) is 0 Å². The van der Waals surface area contributed by atoms with Crippen molar-refractivity contribution in [1.82, 2.24) is 8.61 Å². The van der Waals surface area contributed by atoms with Gasteiger partial charge < -0.3 is 4.74 Å². The van der Waals surface area contributed by atoms with Crippen LogP contribution in [-0.4, -0.2) is 61.8 Å². The van der Waals surface area contributed by atoms with Gasteiger partial charge in [0.25, 0.3) is 10.2 Å². The van der Waals surface area contributed by atoms with Crippen molar-refractivity contribution in [2.75, 3.05) is 44.7 Å². The van der Waals surface area contributed by atoms with Gasteiger partial charge in [-0.05, 0) is 0 Å². The Bertz CT molecular complexity index is 267. The number of rotatable bonds is 5. The molecule has 1 aliphatic heterocycles. The van der Waals surface area contributed by atoms with Crippen LogP contribution in [0.4, 0.5) is 0 Å².